The van der Waals surface area contributed by atoms with Crippen LogP contribution in [0.3, 0.4) is 0 Å². The minimum Gasteiger partial charge on any atom is -0.334 e. The summed E-state index contributed by atoms with van der Waals surface area (Å²) < 4.78 is 46.0. The van der Waals surface area contributed by atoms with E-state index in [1.54, 1.807) is 0 Å². The number of hydrogen-bond acceptors (Lipinski definition) is 6. The first-order valence-electron chi connectivity index (χ1n) is 17.1. The summed E-state index contributed by atoms with van der Waals surface area (Å²) in [6.45, 7) is 12.1. The third-order valence-electron chi connectivity index (χ3n) is 11.7. The molecule has 4 N–H and O–H groups in total. The van der Waals surface area contributed by atoms with Crippen LogP contribution in [0.15, 0.2) is 12.4 Å². The van der Waals surface area contributed by atoms with Crippen molar-refractivity contribution in [2.24, 2.45) is 23.7 Å². The molecule has 248 valence electrons. The van der Waals surface area contributed by atoms with E-state index in [0.29, 0.717) is 13.0 Å². The fourth-order valence-electron chi connectivity index (χ4n) is 9.63. The Labute approximate surface area is 260 Å². The van der Waals surface area contributed by atoms with Crippen LogP contribution in [0.25, 0.3) is 0 Å². The summed E-state index contributed by atoms with van der Waals surface area (Å²) in [6, 6.07) is -1.19. The maximum Gasteiger partial charge on any atom is 0.320 e. The summed E-state index contributed by atoms with van der Waals surface area (Å²) in [5.41, 5.74) is 0. The Morgan fingerprint density at radius 3 is 2.52 bits per heavy atom. The van der Waals surface area contributed by atoms with Crippen molar-refractivity contribution >= 4 is 11.9 Å². The first-order valence-corrected chi connectivity index (χ1v) is 17.1. The number of carbonyl (C=O) groups excluding carboxylic acids is 2. The third-order valence-corrected chi connectivity index (χ3v) is 11.7. The third kappa shape index (κ3) is 5.88. The number of fused-ring (bicyclic) bond motifs is 5. The first-order chi connectivity index (χ1) is 21.1. The van der Waals surface area contributed by atoms with Crippen LogP contribution in [0.2, 0.25) is 0 Å². The topological polar surface area (TPSA) is 92.0 Å². The molecule has 5 saturated heterocycles. The highest BCUT2D eigenvalue weighted by atomic mass is 19.1. The van der Waals surface area contributed by atoms with E-state index in [0.717, 1.165) is 45.2 Å². The highest BCUT2D eigenvalue weighted by Crippen LogP contribution is 2.43. The van der Waals surface area contributed by atoms with E-state index in [4.69, 9.17) is 0 Å². The van der Waals surface area contributed by atoms with Crippen molar-refractivity contribution in [3.05, 3.63) is 12.4 Å². The second kappa shape index (κ2) is 13.1. The van der Waals surface area contributed by atoms with E-state index < -0.39 is 48.4 Å². The SMILES string of the molecule is C=C(F)C(=O)N1CCN(C2NC(=O)N3C4NC(C(F)CC42)C2C(F)CCCC2NCCCC2CCNC(C(C)C)C23)[C@@H](C)C1. The zero-order valence-electron chi connectivity index (χ0n) is 26.5. The van der Waals surface area contributed by atoms with Crippen molar-refractivity contribution in [1.82, 2.24) is 36.0 Å². The molecule has 0 aromatic rings. The minimum atomic E-state index is -1.28. The predicted molar refractivity (Wildman–Crippen MR) is 163 cm³/mol. The van der Waals surface area contributed by atoms with Gasteiger partial charge in [-0.3, -0.25) is 15.0 Å². The number of amides is 3. The largest absolute Gasteiger partial charge is 0.334 e. The Bertz CT molecular complexity index is 1080. The second-order valence-corrected chi connectivity index (χ2v) is 14.6. The number of rotatable bonds is 3. The molecule has 0 aromatic carbocycles. The zero-order chi connectivity index (χ0) is 31.3. The number of urea groups is 1. The van der Waals surface area contributed by atoms with Gasteiger partial charge >= 0.3 is 6.03 Å². The summed E-state index contributed by atoms with van der Waals surface area (Å²) in [7, 11) is 0. The molecule has 44 heavy (non-hydrogen) atoms. The van der Waals surface area contributed by atoms with E-state index in [1.165, 1.54) is 4.90 Å². The lowest BCUT2D eigenvalue weighted by Gasteiger charge is -2.60. The standard InChI is InChI=1S/C32H52F3N7O2/c1-17(2)26-28-20(10-12-37-26)7-6-11-36-24-9-5-8-22(34)25(24)27-23(35)15-21-29(39-32(44)42(28)30(21)38-27)41-14-13-40(16-18(41)3)31(43)19(4)33/h17-18,20-30,36-38H,4-16H2,1-3H3,(H,39,44)/t18-,20?,21?,22?,23?,24?,25?,26?,27?,28?,29?,30?/m0/s1. The van der Waals surface area contributed by atoms with Crippen molar-refractivity contribution in [2.45, 2.75) is 121 Å². The molecule has 5 aliphatic heterocycles. The van der Waals surface area contributed by atoms with Gasteiger partial charge in [-0.2, -0.15) is 0 Å². The molecule has 6 fully saturated rings. The Balaban J connectivity index is 1.36. The van der Waals surface area contributed by atoms with Gasteiger partial charge in [-0.25, -0.2) is 18.0 Å². The average molecular weight is 624 g/mol. The number of piperazine rings is 1. The number of alkyl halides is 2. The molecule has 0 aromatic heterocycles. The Morgan fingerprint density at radius 1 is 1.00 bits per heavy atom. The quantitative estimate of drug-likeness (QED) is 0.362. The number of nitrogens with zero attached hydrogens (tertiary/aromatic N) is 3. The zero-order valence-corrected chi connectivity index (χ0v) is 26.5. The van der Waals surface area contributed by atoms with E-state index in [2.05, 4.69) is 46.6 Å². The van der Waals surface area contributed by atoms with Gasteiger partial charge in [0, 0.05) is 55.6 Å². The van der Waals surface area contributed by atoms with Gasteiger partial charge in [-0.05, 0) is 76.8 Å². The predicted octanol–water partition coefficient (Wildman–Crippen LogP) is 2.89. The smallest absolute Gasteiger partial charge is 0.320 e. The van der Waals surface area contributed by atoms with Crippen molar-refractivity contribution in [3.63, 3.8) is 0 Å². The van der Waals surface area contributed by atoms with Gasteiger partial charge in [-0.1, -0.05) is 20.4 Å². The molecule has 11 unspecified atom stereocenters. The monoisotopic (exact) mass is 623 g/mol. The Kier molecular flexibility index (Phi) is 9.53. The molecule has 9 nitrogen and oxygen atoms in total. The summed E-state index contributed by atoms with van der Waals surface area (Å²) >= 11 is 0. The molecule has 12 atom stereocenters. The molecular weight excluding hydrogens is 571 g/mol. The number of halogens is 3. The van der Waals surface area contributed by atoms with Crippen LogP contribution in [0, 0.1) is 23.7 Å². The van der Waals surface area contributed by atoms with Crippen LogP contribution < -0.4 is 21.3 Å². The van der Waals surface area contributed by atoms with Gasteiger partial charge in [-0.15, -0.1) is 0 Å². The molecule has 3 amide bonds. The van der Waals surface area contributed by atoms with E-state index in [1.807, 2.05) is 11.8 Å². The fraction of sp³-hybridized carbons (Fsp3) is 0.875. The molecule has 0 spiro atoms. The van der Waals surface area contributed by atoms with Gasteiger partial charge in [0.2, 0.25) is 0 Å². The Morgan fingerprint density at radius 2 is 1.80 bits per heavy atom. The lowest BCUT2D eigenvalue weighted by Crippen LogP contribution is -2.80. The van der Waals surface area contributed by atoms with Gasteiger partial charge in [0.05, 0.1) is 18.4 Å². The van der Waals surface area contributed by atoms with Crippen molar-refractivity contribution < 1.29 is 22.8 Å². The van der Waals surface area contributed by atoms with Gasteiger partial charge in [0.25, 0.3) is 5.91 Å². The molecule has 5 heterocycles. The average Bonchev–Trinajstić information content (AvgIpc) is 2.98. The van der Waals surface area contributed by atoms with Crippen LogP contribution in [-0.4, -0.2) is 114 Å². The van der Waals surface area contributed by atoms with Crippen LogP contribution >= 0.6 is 0 Å². The van der Waals surface area contributed by atoms with E-state index >= 15 is 8.78 Å². The van der Waals surface area contributed by atoms with Gasteiger partial charge in [0.1, 0.15) is 12.3 Å². The van der Waals surface area contributed by atoms with Gasteiger partial charge < -0.3 is 25.8 Å². The number of nitrogens with one attached hydrogen (secondary N) is 4. The molecule has 12 heteroatoms. The van der Waals surface area contributed by atoms with Crippen LogP contribution in [0.4, 0.5) is 18.0 Å². The fourth-order valence-corrected chi connectivity index (χ4v) is 9.63. The molecule has 6 rings (SSSR count). The lowest BCUT2D eigenvalue weighted by molar-refractivity contribution is -0.134. The van der Waals surface area contributed by atoms with Crippen molar-refractivity contribution in [3.8, 4) is 0 Å². The molecular formula is C32H52F3N7O2. The number of hydrogen-bond donors (Lipinski definition) is 4. The maximum absolute atomic E-state index is 16.5. The molecule has 0 radical (unpaired) electrons. The molecule has 1 saturated carbocycles. The lowest BCUT2D eigenvalue weighted by atomic mass is 9.71. The summed E-state index contributed by atoms with van der Waals surface area (Å²) in [4.78, 5) is 32.3. The highest BCUT2D eigenvalue weighted by molar-refractivity contribution is 5.90. The van der Waals surface area contributed by atoms with Crippen LogP contribution in [-0.2, 0) is 4.79 Å². The Hall–Kier alpha value is -1.89. The van der Waals surface area contributed by atoms with E-state index in [9.17, 15) is 14.0 Å². The number of piperidine rings is 2. The molecule has 6 aliphatic rings. The van der Waals surface area contributed by atoms with Crippen LogP contribution in [0.1, 0.15) is 65.7 Å². The molecule has 2 bridgehead atoms. The van der Waals surface area contributed by atoms with Crippen molar-refractivity contribution in [2.75, 3.05) is 32.7 Å². The summed E-state index contributed by atoms with van der Waals surface area (Å²) in [5, 5.41) is 14.3. The number of carbonyl (C=O) groups is 2. The first kappa shape index (κ1) is 32.1. The second-order valence-electron chi connectivity index (χ2n) is 14.6. The van der Waals surface area contributed by atoms with Crippen molar-refractivity contribution in [1.29, 1.82) is 0 Å². The van der Waals surface area contributed by atoms with Crippen LogP contribution in [0.5, 0.6) is 0 Å². The normalized spacial score (nSPS) is 43.7. The maximum atomic E-state index is 16.5. The summed E-state index contributed by atoms with van der Waals surface area (Å²) in [5.74, 6) is -1.94. The highest BCUT2D eigenvalue weighted by Gasteiger charge is 2.57. The van der Waals surface area contributed by atoms with E-state index in [-0.39, 0.29) is 67.5 Å². The molecule has 1 aliphatic carbocycles. The van der Waals surface area contributed by atoms with Gasteiger partial charge in [0.15, 0.2) is 5.83 Å². The minimum absolute atomic E-state index is 0.0783. The summed E-state index contributed by atoms with van der Waals surface area (Å²) in [6.07, 6.45) is 1.77.